The first-order valence-electron chi connectivity index (χ1n) is 5.98. The lowest BCUT2D eigenvalue weighted by atomic mass is 10.0. The van der Waals surface area contributed by atoms with Crippen molar-refractivity contribution in [1.29, 1.82) is 0 Å². The van der Waals surface area contributed by atoms with E-state index >= 15 is 0 Å². The van der Waals surface area contributed by atoms with Crippen LogP contribution in [0.3, 0.4) is 0 Å². The summed E-state index contributed by atoms with van der Waals surface area (Å²) in [6.07, 6.45) is 0.613. The molecule has 0 radical (unpaired) electrons. The van der Waals surface area contributed by atoms with Crippen molar-refractivity contribution in [3.63, 3.8) is 0 Å². The van der Waals surface area contributed by atoms with Crippen molar-refractivity contribution in [2.24, 2.45) is 0 Å². The van der Waals surface area contributed by atoms with Crippen LogP contribution in [0, 0.1) is 6.92 Å². The van der Waals surface area contributed by atoms with Gasteiger partial charge in [0.15, 0.2) is 0 Å². The van der Waals surface area contributed by atoms with Gasteiger partial charge in [0.25, 0.3) is 0 Å². The van der Waals surface area contributed by atoms with Crippen LogP contribution in [-0.4, -0.2) is 29.1 Å². The van der Waals surface area contributed by atoms with Crippen molar-refractivity contribution >= 4 is 5.97 Å². The number of rotatable bonds is 5. The minimum absolute atomic E-state index is 0.108. The highest BCUT2D eigenvalue weighted by atomic mass is 16.4. The second-order valence-corrected chi connectivity index (χ2v) is 4.51. The Labute approximate surface area is 103 Å². The molecule has 0 aliphatic heterocycles. The highest BCUT2D eigenvalue weighted by Crippen LogP contribution is 2.22. The second kappa shape index (κ2) is 5.82. The lowest BCUT2D eigenvalue weighted by molar-refractivity contribution is -0.143. The Morgan fingerprint density at radius 2 is 1.88 bits per heavy atom. The van der Waals surface area contributed by atoms with Gasteiger partial charge in [-0.25, -0.2) is 0 Å². The highest BCUT2D eigenvalue weighted by Gasteiger charge is 2.24. The number of hydrogen-bond acceptors (Lipinski definition) is 2. The SMILES string of the molecule is CCC(C(=O)O)N(C)C(C)c1ccc(C)cc1. The Hall–Kier alpha value is -1.35. The number of hydrogen-bond donors (Lipinski definition) is 1. The molecule has 3 heteroatoms. The third-order valence-electron chi connectivity index (χ3n) is 3.33. The van der Waals surface area contributed by atoms with Crippen molar-refractivity contribution in [3.05, 3.63) is 35.4 Å². The lowest BCUT2D eigenvalue weighted by Crippen LogP contribution is -2.39. The molecule has 1 rings (SSSR count). The minimum atomic E-state index is -0.756. The Balaban J connectivity index is 2.84. The molecule has 17 heavy (non-hydrogen) atoms. The molecule has 0 amide bonds. The summed E-state index contributed by atoms with van der Waals surface area (Å²) in [6.45, 7) is 5.98. The summed E-state index contributed by atoms with van der Waals surface area (Å²) in [5.41, 5.74) is 2.37. The number of aliphatic carboxylic acids is 1. The van der Waals surface area contributed by atoms with Crippen molar-refractivity contribution in [3.8, 4) is 0 Å². The van der Waals surface area contributed by atoms with Crippen LogP contribution in [0.4, 0.5) is 0 Å². The summed E-state index contributed by atoms with van der Waals surface area (Å²) in [4.78, 5) is 13.0. The molecule has 0 bridgehead atoms. The third kappa shape index (κ3) is 3.30. The quantitative estimate of drug-likeness (QED) is 0.853. The summed E-state index contributed by atoms with van der Waals surface area (Å²) < 4.78 is 0. The van der Waals surface area contributed by atoms with Crippen LogP contribution in [0.15, 0.2) is 24.3 Å². The fourth-order valence-electron chi connectivity index (χ4n) is 1.99. The Bertz CT molecular complexity index is 372. The molecule has 1 aromatic carbocycles. The summed E-state index contributed by atoms with van der Waals surface area (Å²) in [5.74, 6) is -0.756. The van der Waals surface area contributed by atoms with Crippen LogP contribution in [0.25, 0.3) is 0 Å². The van der Waals surface area contributed by atoms with Crippen molar-refractivity contribution < 1.29 is 9.90 Å². The Kier molecular flexibility index (Phi) is 4.70. The maximum absolute atomic E-state index is 11.1. The number of carboxylic acid groups (broad SMARTS) is 1. The molecule has 0 aromatic heterocycles. The van der Waals surface area contributed by atoms with E-state index in [1.807, 2.05) is 32.7 Å². The largest absolute Gasteiger partial charge is 0.480 e. The summed E-state index contributed by atoms with van der Waals surface area (Å²) in [5, 5.41) is 9.14. The second-order valence-electron chi connectivity index (χ2n) is 4.51. The molecule has 3 nitrogen and oxygen atoms in total. The topological polar surface area (TPSA) is 40.5 Å². The van der Waals surface area contributed by atoms with Gasteiger partial charge in [-0.3, -0.25) is 9.69 Å². The van der Waals surface area contributed by atoms with Gasteiger partial charge in [-0.15, -0.1) is 0 Å². The number of benzene rings is 1. The smallest absolute Gasteiger partial charge is 0.320 e. The van der Waals surface area contributed by atoms with Gasteiger partial charge in [-0.05, 0) is 32.9 Å². The number of aryl methyl sites for hydroxylation is 1. The van der Waals surface area contributed by atoms with Crippen LogP contribution >= 0.6 is 0 Å². The van der Waals surface area contributed by atoms with E-state index in [9.17, 15) is 4.79 Å². The van der Waals surface area contributed by atoms with Gasteiger partial charge >= 0.3 is 5.97 Å². The van der Waals surface area contributed by atoms with E-state index in [-0.39, 0.29) is 6.04 Å². The van der Waals surface area contributed by atoms with E-state index in [1.54, 1.807) is 0 Å². The van der Waals surface area contributed by atoms with Crippen molar-refractivity contribution in [2.75, 3.05) is 7.05 Å². The average Bonchev–Trinajstić information content (AvgIpc) is 2.29. The molecule has 94 valence electrons. The van der Waals surface area contributed by atoms with E-state index in [4.69, 9.17) is 5.11 Å². The average molecular weight is 235 g/mol. The highest BCUT2D eigenvalue weighted by molar-refractivity contribution is 5.73. The predicted molar refractivity (Wildman–Crippen MR) is 69.1 cm³/mol. The van der Waals surface area contributed by atoms with Gasteiger partial charge < -0.3 is 5.11 Å². The molecule has 0 spiro atoms. The van der Waals surface area contributed by atoms with Crippen LogP contribution in [-0.2, 0) is 4.79 Å². The molecule has 0 aliphatic carbocycles. The molecule has 2 atom stereocenters. The van der Waals surface area contributed by atoms with Gasteiger partial charge in [0.2, 0.25) is 0 Å². The molecular weight excluding hydrogens is 214 g/mol. The molecule has 0 saturated heterocycles. The summed E-state index contributed by atoms with van der Waals surface area (Å²) in [7, 11) is 1.87. The van der Waals surface area contributed by atoms with Gasteiger partial charge in [0.05, 0.1) is 0 Å². The van der Waals surface area contributed by atoms with Gasteiger partial charge in [0, 0.05) is 6.04 Å². The molecule has 2 unspecified atom stereocenters. The normalized spacial score (nSPS) is 14.6. The monoisotopic (exact) mass is 235 g/mol. The van der Waals surface area contributed by atoms with Gasteiger partial charge in [-0.2, -0.15) is 0 Å². The molecule has 1 N–H and O–H groups in total. The number of likely N-dealkylation sites (N-methyl/N-ethyl adjacent to an activating group) is 1. The fourth-order valence-corrected chi connectivity index (χ4v) is 1.99. The van der Waals surface area contributed by atoms with Crippen LogP contribution in [0.5, 0.6) is 0 Å². The van der Waals surface area contributed by atoms with E-state index in [0.29, 0.717) is 6.42 Å². The van der Waals surface area contributed by atoms with Crippen LogP contribution in [0.2, 0.25) is 0 Å². The Morgan fingerprint density at radius 1 is 1.35 bits per heavy atom. The first-order valence-corrected chi connectivity index (χ1v) is 5.98. The van der Waals surface area contributed by atoms with Crippen molar-refractivity contribution in [2.45, 2.75) is 39.3 Å². The summed E-state index contributed by atoms with van der Waals surface area (Å²) in [6, 6.07) is 7.92. The third-order valence-corrected chi connectivity index (χ3v) is 3.33. The molecule has 1 aromatic rings. The number of carboxylic acids is 1. The standard InChI is InChI=1S/C14H21NO2/c1-5-13(14(16)17)15(4)11(3)12-8-6-10(2)7-9-12/h6-9,11,13H,5H2,1-4H3,(H,16,17). The first kappa shape index (κ1) is 13.7. The van der Waals surface area contributed by atoms with E-state index in [0.717, 1.165) is 5.56 Å². The van der Waals surface area contributed by atoms with Gasteiger partial charge in [-0.1, -0.05) is 36.8 Å². The fraction of sp³-hybridized carbons (Fsp3) is 0.500. The molecule has 0 saturated carbocycles. The van der Waals surface area contributed by atoms with E-state index < -0.39 is 12.0 Å². The van der Waals surface area contributed by atoms with Gasteiger partial charge in [0.1, 0.15) is 6.04 Å². The zero-order valence-electron chi connectivity index (χ0n) is 11.0. The maximum Gasteiger partial charge on any atom is 0.320 e. The zero-order chi connectivity index (χ0) is 13.0. The minimum Gasteiger partial charge on any atom is -0.480 e. The molecule has 0 heterocycles. The van der Waals surface area contributed by atoms with E-state index in [1.165, 1.54) is 5.56 Å². The number of carbonyl (C=O) groups is 1. The first-order chi connectivity index (χ1) is 7.97. The van der Waals surface area contributed by atoms with E-state index in [2.05, 4.69) is 24.3 Å². The maximum atomic E-state index is 11.1. The Morgan fingerprint density at radius 3 is 2.29 bits per heavy atom. The number of nitrogens with zero attached hydrogens (tertiary/aromatic N) is 1. The van der Waals surface area contributed by atoms with Crippen LogP contribution in [0.1, 0.15) is 37.4 Å². The van der Waals surface area contributed by atoms with Crippen LogP contribution < -0.4 is 0 Å². The zero-order valence-corrected chi connectivity index (χ0v) is 11.0. The van der Waals surface area contributed by atoms with Crippen molar-refractivity contribution in [1.82, 2.24) is 4.90 Å². The molecule has 0 aliphatic rings. The lowest BCUT2D eigenvalue weighted by Gasteiger charge is -2.30. The molecule has 0 fully saturated rings. The predicted octanol–water partition coefficient (Wildman–Crippen LogP) is 2.85. The summed E-state index contributed by atoms with van der Waals surface area (Å²) >= 11 is 0. The molecular formula is C14H21NO2.